The highest BCUT2D eigenvalue weighted by atomic mass is 32.1. The van der Waals surface area contributed by atoms with Crippen LogP contribution in [0, 0.1) is 30.9 Å². The van der Waals surface area contributed by atoms with Gasteiger partial charge in [0, 0.05) is 11.8 Å². The van der Waals surface area contributed by atoms with Crippen LogP contribution in [-0.4, -0.2) is 29.3 Å². The first-order chi connectivity index (χ1) is 10.4. The van der Waals surface area contributed by atoms with E-state index < -0.39 is 4.92 Å². The summed E-state index contributed by atoms with van der Waals surface area (Å²) in [5.41, 5.74) is 1.20. The van der Waals surface area contributed by atoms with Crippen LogP contribution in [0.5, 0.6) is 0 Å². The van der Waals surface area contributed by atoms with Crippen LogP contribution in [0.2, 0.25) is 0 Å². The summed E-state index contributed by atoms with van der Waals surface area (Å²) in [6, 6.07) is 1.41. The maximum absolute atomic E-state index is 11.8. The first kappa shape index (κ1) is 14.3. The zero-order valence-corrected chi connectivity index (χ0v) is 12.9. The monoisotopic (exact) mass is 320 g/mol. The van der Waals surface area contributed by atoms with E-state index >= 15 is 0 Å². The van der Waals surface area contributed by atoms with Crippen LogP contribution in [0.3, 0.4) is 0 Å². The molecule has 0 unspecified atom stereocenters. The van der Waals surface area contributed by atoms with E-state index in [0.29, 0.717) is 27.1 Å². The van der Waals surface area contributed by atoms with Gasteiger partial charge in [-0.15, -0.1) is 0 Å². The minimum atomic E-state index is -0.443. The van der Waals surface area contributed by atoms with Crippen molar-refractivity contribution in [3.63, 3.8) is 0 Å². The van der Waals surface area contributed by atoms with E-state index in [1.54, 1.807) is 20.8 Å². The molecule has 3 aromatic rings. The molecule has 10 heteroatoms. The Kier molecular flexibility index (Phi) is 3.24. The Morgan fingerprint density at radius 2 is 2.05 bits per heavy atom. The van der Waals surface area contributed by atoms with Crippen molar-refractivity contribution in [3.8, 4) is 0 Å². The maximum atomic E-state index is 11.8. The SMILES string of the molecule is Cc1cc(=O)n2nc(Cn3nc(C)c([N+](=O)[O-])c3C)sc2n1. The average molecular weight is 320 g/mol. The third kappa shape index (κ3) is 2.26. The minimum Gasteiger partial charge on any atom is -0.267 e. The lowest BCUT2D eigenvalue weighted by atomic mass is 10.3. The lowest BCUT2D eigenvalue weighted by molar-refractivity contribution is -0.386. The molecule has 0 aliphatic carbocycles. The predicted molar refractivity (Wildman–Crippen MR) is 79.3 cm³/mol. The summed E-state index contributed by atoms with van der Waals surface area (Å²) in [5, 5.41) is 20.0. The molecule has 0 aliphatic rings. The Hall–Kier alpha value is -2.62. The van der Waals surface area contributed by atoms with Gasteiger partial charge in [0.2, 0.25) is 4.96 Å². The predicted octanol–water partition coefficient (Wildman–Crippen LogP) is 1.23. The summed E-state index contributed by atoms with van der Waals surface area (Å²) in [4.78, 5) is 27.2. The molecule has 0 fully saturated rings. The van der Waals surface area contributed by atoms with Crippen LogP contribution in [0.1, 0.15) is 22.1 Å². The Bertz CT molecular complexity index is 954. The van der Waals surface area contributed by atoms with E-state index in [-0.39, 0.29) is 17.8 Å². The van der Waals surface area contributed by atoms with Gasteiger partial charge >= 0.3 is 5.69 Å². The molecule has 0 bridgehead atoms. The third-order valence-corrected chi connectivity index (χ3v) is 4.12. The van der Waals surface area contributed by atoms with Gasteiger partial charge in [-0.25, -0.2) is 4.98 Å². The van der Waals surface area contributed by atoms with E-state index in [2.05, 4.69) is 15.2 Å². The zero-order chi connectivity index (χ0) is 16.0. The fourth-order valence-corrected chi connectivity index (χ4v) is 3.18. The van der Waals surface area contributed by atoms with Crippen molar-refractivity contribution in [1.29, 1.82) is 0 Å². The van der Waals surface area contributed by atoms with Crippen molar-refractivity contribution in [1.82, 2.24) is 24.4 Å². The van der Waals surface area contributed by atoms with Gasteiger partial charge in [-0.2, -0.15) is 14.7 Å². The smallest absolute Gasteiger partial charge is 0.267 e. The Morgan fingerprint density at radius 1 is 1.32 bits per heavy atom. The molecule has 0 atom stereocenters. The molecule has 3 heterocycles. The van der Waals surface area contributed by atoms with Crippen molar-refractivity contribution in [2.24, 2.45) is 0 Å². The number of rotatable bonds is 3. The van der Waals surface area contributed by atoms with Crippen LogP contribution >= 0.6 is 11.3 Å². The molecule has 22 heavy (non-hydrogen) atoms. The van der Waals surface area contributed by atoms with Gasteiger partial charge in [0.05, 0.1) is 11.5 Å². The molecule has 0 aliphatic heterocycles. The zero-order valence-electron chi connectivity index (χ0n) is 12.1. The molecule has 0 saturated heterocycles. The molecular formula is C12H12N6O3S. The highest BCUT2D eigenvalue weighted by molar-refractivity contribution is 7.16. The Morgan fingerprint density at radius 3 is 2.68 bits per heavy atom. The third-order valence-electron chi connectivity index (χ3n) is 3.23. The quantitative estimate of drug-likeness (QED) is 0.530. The molecule has 114 valence electrons. The van der Waals surface area contributed by atoms with Gasteiger partial charge in [0.25, 0.3) is 5.56 Å². The van der Waals surface area contributed by atoms with E-state index in [0.717, 1.165) is 0 Å². The molecule has 9 nitrogen and oxygen atoms in total. The molecule has 0 radical (unpaired) electrons. The molecule has 0 N–H and O–H groups in total. The normalized spacial score (nSPS) is 11.2. The van der Waals surface area contributed by atoms with Gasteiger partial charge in [-0.3, -0.25) is 19.6 Å². The lowest BCUT2D eigenvalue weighted by Crippen LogP contribution is -2.14. The van der Waals surface area contributed by atoms with E-state index in [1.165, 1.54) is 26.6 Å². The largest absolute Gasteiger partial charge is 0.312 e. The summed E-state index contributed by atoms with van der Waals surface area (Å²) in [5.74, 6) is 0. The number of aromatic nitrogens is 5. The Balaban J connectivity index is 2.04. The van der Waals surface area contributed by atoms with E-state index in [1.807, 2.05) is 0 Å². The first-order valence-electron chi connectivity index (χ1n) is 6.41. The van der Waals surface area contributed by atoms with Crippen LogP contribution in [0.4, 0.5) is 5.69 Å². The van der Waals surface area contributed by atoms with Crippen molar-refractivity contribution >= 4 is 22.0 Å². The van der Waals surface area contributed by atoms with Crippen molar-refractivity contribution in [2.75, 3.05) is 0 Å². The standard InChI is InChI=1S/C12H12N6O3S/c1-6-4-10(19)17-12(13-6)22-9(15-17)5-16-8(3)11(18(20)21)7(2)14-16/h4H,5H2,1-3H3. The second-order valence-electron chi connectivity index (χ2n) is 4.86. The number of nitrogens with zero attached hydrogens (tertiary/aromatic N) is 6. The molecule has 0 saturated carbocycles. The second-order valence-corrected chi connectivity index (χ2v) is 5.90. The summed E-state index contributed by atoms with van der Waals surface area (Å²) in [7, 11) is 0. The maximum Gasteiger partial charge on any atom is 0.312 e. The first-order valence-corrected chi connectivity index (χ1v) is 7.23. The molecule has 0 amide bonds. The minimum absolute atomic E-state index is 0.00671. The molecule has 3 rings (SSSR count). The summed E-state index contributed by atoms with van der Waals surface area (Å²) in [6.07, 6.45) is 0. The lowest BCUT2D eigenvalue weighted by Gasteiger charge is -1.98. The number of hydrogen-bond donors (Lipinski definition) is 0. The number of hydrogen-bond acceptors (Lipinski definition) is 7. The molecule has 0 spiro atoms. The molecule has 0 aromatic carbocycles. The fourth-order valence-electron chi connectivity index (χ4n) is 2.26. The Labute approximate surface area is 128 Å². The van der Waals surface area contributed by atoms with Crippen molar-refractivity contribution in [2.45, 2.75) is 27.3 Å². The highest BCUT2D eigenvalue weighted by Crippen LogP contribution is 2.23. The number of fused-ring (bicyclic) bond motifs is 1. The molecular weight excluding hydrogens is 308 g/mol. The highest BCUT2D eigenvalue weighted by Gasteiger charge is 2.22. The summed E-state index contributed by atoms with van der Waals surface area (Å²) < 4.78 is 2.75. The van der Waals surface area contributed by atoms with Crippen LogP contribution < -0.4 is 5.56 Å². The van der Waals surface area contributed by atoms with E-state index in [9.17, 15) is 14.9 Å². The van der Waals surface area contributed by atoms with Crippen LogP contribution in [-0.2, 0) is 6.54 Å². The van der Waals surface area contributed by atoms with Gasteiger partial charge in [-0.1, -0.05) is 11.3 Å². The average Bonchev–Trinajstić information content (AvgIpc) is 2.91. The van der Waals surface area contributed by atoms with Crippen molar-refractivity contribution < 1.29 is 4.92 Å². The molecule has 3 aromatic heterocycles. The fraction of sp³-hybridized carbons (Fsp3) is 0.333. The van der Waals surface area contributed by atoms with Gasteiger partial charge in [0.1, 0.15) is 16.4 Å². The summed E-state index contributed by atoms with van der Waals surface area (Å²) >= 11 is 1.26. The van der Waals surface area contributed by atoms with Gasteiger partial charge in [-0.05, 0) is 20.8 Å². The number of nitro groups is 1. The van der Waals surface area contributed by atoms with Gasteiger partial charge < -0.3 is 0 Å². The van der Waals surface area contributed by atoms with Gasteiger partial charge in [0.15, 0.2) is 0 Å². The second kappa shape index (κ2) is 4.98. The van der Waals surface area contributed by atoms with E-state index in [4.69, 9.17) is 0 Å². The summed E-state index contributed by atoms with van der Waals surface area (Å²) in [6.45, 7) is 5.23. The topological polar surface area (TPSA) is 108 Å². The number of aryl methyl sites for hydroxylation is 2. The van der Waals surface area contributed by atoms with Crippen LogP contribution in [0.25, 0.3) is 4.96 Å². The van der Waals surface area contributed by atoms with Crippen LogP contribution in [0.15, 0.2) is 10.9 Å². The van der Waals surface area contributed by atoms with Crippen molar-refractivity contribution in [3.05, 3.63) is 48.6 Å².